The van der Waals surface area contributed by atoms with Gasteiger partial charge in [0.1, 0.15) is 17.6 Å². The highest BCUT2D eigenvalue weighted by Gasteiger charge is 2.02. The van der Waals surface area contributed by atoms with Gasteiger partial charge in [0.25, 0.3) is 0 Å². The Morgan fingerprint density at radius 3 is 2.80 bits per heavy atom. The molecule has 0 N–H and O–H groups in total. The second-order valence-corrected chi connectivity index (χ2v) is 2.95. The molecule has 0 aliphatic rings. The lowest BCUT2D eigenvalue weighted by Crippen LogP contribution is -2.01. The summed E-state index contributed by atoms with van der Waals surface area (Å²) in [4.78, 5) is 0. The summed E-state index contributed by atoms with van der Waals surface area (Å²) in [5.74, 6) is -0.121. The number of hydrogen-bond acceptors (Lipinski definition) is 3. The number of benzene rings is 1. The second-order valence-electron chi connectivity index (χ2n) is 2.95. The van der Waals surface area contributed by atoms with Gasteiger partial charge in [0.15, 0.2) is 0 Å². The molecule has 0 heterocycles. The summed E-state index contributed by atoms with van der Waals surface area (Å²) in [6.45, 7) is 1.08. The third kappa shape index (κ3) is 3.56. The monoisotopic (exact) mass is 209 g/mol. The topological polar surface area (TPSA) is 42.2 Å². The van der Waals surface area contributed by atoms with Crippen molar-refractivity contribution < 1.29 is 13.9 Å². The predicted molar refractivity (Wildman–Crippen MR) is 53.1 cm³/mol. The summed E-state index contributed by atoms with van der Waals surface area (Å²) in [5, 5.41) is 8.51. The second kappa shape index (κ2) is 5.99. The first-order valence-corrected chi connectivity index (χ1v) is 4.59. The first-order valence-electron chi connectivity index (χ1n) is 4.59. The number of rotatable bonds is 5. The number of halogens is 1. The van der Waals surface area contributed by atoms with E-state index >= 15 is 0 Å². The van der Waals surface area contributed by atoms with E-state index in [0.29, 0.717) is 19.0 Å². The zero-order chi connectivity index (χ0) is 11.1. The minimum atomic E-state index is -0.554. The molecule has 4 heteroatoms. The molecule has 1 aromatic rings. The molecule has 1 rings (SSSR count). The highest BCUT2D eigenvalue weighted by atomic mass is 19.1. The Bertz CT molecular complexity index is 360. The van der Waals surface area contributed by atoms with Gasteiger partial charge in [-0.3, -0.25) is 0 Å². The molecule has 0 spiro atoms. The van der Waals surface area contributed by atoms with E-state index in [-0.39, 0.29) is 5.56 Å². The van der Waals surface area contributed by atoms with Crippen LogP contribution in [0.3, 0.4) is 0 Å². The van der Waals surface area contributed by atoms with E-state index in [9.17, 15) is 4.39 Å². The van der Waals surface area contributed by atoms with Gasteiger partial charge < -0.3 is 9.47 Å². The average Bonchev–Trinajstić information content (AvgIpc) is 2.25. The zero-order valence-electron chi connectivity index (χ0n) is 8.50. The summed E-state index contributed by atoms with van der Waals surface area (Å²) in [6.07, 6.45) is 0.748. The molecular weight excluding hydrogens is 197 g/mol. The third-order valence-electron chi connectivity index (χ3n) is 1.82. The molecule has 0 radical (unpaired) electrons. The highest BCUT2D eigenvalue weighted by molar-refractivity contribution is 5.36. The van der Waals surface area contributed by atoms with Crippen LogP contribution in [0.25, 0.3) is 0 Å². The predicted octanol–water partition coefficient (Wildman–Crippen LogP) is 2.11. The summed E-state index contributed by atoms with van der Waals surface area (Å²) in [5.41, 5.74) is 0.0271. The number of nitriles is 1. The van der Waals surface area contributed by atoms with Gasteiger partial charge in [-0.1, -0.05) is 0 Å². The van der Waals surface area contributed by atoms with Crippen LogP contribution in [0.4, 0.5) is 4.39 Å². The fourth-order valence-electron chi connectivity index (χ4n) is 1.07. The number of ether oxygens (including phenoxy) is 2. The van der Waals surface area contributed by atoms with Gasteiger partial charge in [0.05, 0.1) is 12.2 Å². The Labute approximate surface area is 88.0 Å². The van der Waals surface area contributed by atoms with Crippen molar-refractivity contribution in [2.45, 2.75) is 6.42 Å². The van der Waals surface area contributed by atoms with Crippen molar-refractivity contribution >= 4 is 0 Å². The number of methoxy groups -OCH3 is 1. The molecule has 0 atom stereocenters. The van der Waals surface area contributed by atoms with Crippen LogP contribution in [0.1, 0.15) is 12.0 Å². The average molecular weight is 209 g/mol. The van der Waals surface area contributed by atoms with Crippen LogP contribution in [-0.4, -0.2) is 20.3 Å². The normalized spacial score (nSPS) is 9.67. The fraction of sp³-hybridized carbons (Fsp3) is 0.364. The highest BCUT2D eigenvalue weighted by Crippen LogP contribution is 2.15. The van der Waals surface area contributed by atoms with E-state index in [1.807, 2.05) is 0 Å². The minimum Gasteiger partial charge on any atom is -0.493 e. The SMILES string of the molecule is COCCCOc1ccc(C#N)c(F)c1. The lowest BCUT2D eigenvalue weighted by molar-refractivity contribution is 0.172. The van der Waals surface area contributed by atoms with E-state index in [1.165, 1.54) is 12.1 Å². The maximum absolute atomic E-state index is 13.1. The Kier molecular flexibility index (Phi) is 4.58. The van der Waals surface area contributed by atoms with E-state index in [1.54, 1.807) is 19.2 Å². The molecule has 0 aliphatic carbocycles. The van der Waals surface area contributed by atoms with E-state index in [4.69, 9.17) is 14.7 Å². The van der Waals surface area contributed by atoms with Crippen LogP contribution in [0.15, 0.2) is 18.2 Å². The van der Waals surface area contributed by atoms with Gasteiger partial charge >= 0.3 is 0 Å². The largest absolute Gasteiger partial charge is 0.493 e. The molecule has 0 bridgehead atoms. The molecule has 0 amide bonds. The minimum absolute atomic E-state index is 0.0271. The van der Waals surface area contributed by atoms with Crippen molar-refractivity contribution in [2.75, 3.05) is 20.3 Å². The van der Waals surface area contributed by atoms with Gasteiger partial charge in [-0.2, -0.15) is 5.26 Å². The third-order valence-corrected chi connectivity index (χ3v) is 1.82. The lowest BCUT2D eigenvalue weighted by Gasteiger charge is -2.05. The first kappa shape index (κ1) is 11.5. The van der Waals surface area contributed by atoms with Gasteiger partial charge in [-0.25, -0.2) is 4.39 Å². The molecule has 0 saturated heterocycles. The van der Waals surface area contributed by atoms with Gasteiger partial charge in [-0.05, 0) is 12.1 Å². The molecule has 3 nitrogen and oxygen atoms in total. The molecule has 0 saturated carbocycles. The molecule has 1 aromatic carbocycles. The Hall–Kier alpha value is -1.60. The van der Waals surface area contributed by atoms with Crippen molar-refractivity contribution in [2.24, 2.45) is 0 Å². The fourth-order valence-corrected chi connectivity index (χ4v) is 1.07. The molecular formula is C11H12FNO2. The van der Waals surface area contributed by atoms with Gasteiger partial charge in [0, 0.05) is 26.2 Å². The van der Waals surface area contributed by atoms with Crippen LogP contribution < -0.4 is 4.74 Å². The maximum Gasteiger partial charge on any atom is 0.144 e. The van der Waals surface area contributed by atoms with Crippen molar-refractivity contribution in [3.05, 3.63) is 29.6 Å². The molecule has 0 aromatic heterocycles. The summed E-state index contributed by atoms with van der Waals surface area (Å²) in [7, 11) is 1.61. The first-order chi connectivity index (χ1) is 7.27. The number of nitrogens with zero attached hydrogens (tertiary/aromatic N) is 1. The van der Waals surface area contributed by atoms with E-state index < -0.39 is 5.82 Å². The smallest absolute Gasteiger partial charge is 0.144 e. The van der Waals surface area contributed by atoms with Crippen LogP contribution in [-0.2, 0) is 4.74 Å². The van der Waals surface area contributed by atoms with Crippen LogP contribution in [0, 0.1) is 17.1 Å². The molecule has 0 aliphatic heterocycles. The van der Waals surface area contributed by atoms with Gasteiger partial charge in [0.2, 0.25) is 0 Å². The quantitative estimate of drug-likeness (QED) is 0.697. The summed E-state index contributed by atoms with van der Waals surface area (Å²) in [6, 6.07) is 5.94. The molecule has 0 fully saturated rings. The molecule has 0 unspecified atom stereocenters. The van der Waals surface area contributed by atoms with E-state index in [2.05, 4.69) is 0 Å². The lowest BCUT2D eigenvalue weighted by atomic mass is 10.2. The van der Waals surface area contributed by atoms with Crippen molar-refractivity contribution in [3.63, 3.8) is 0 Å². The standard InChI is InChI=1S/C11H12FNO2/c1-14-5-2-6-15-10-4-3-9(8-13)11(12)7-10/h3-4,7H,2,5-6H2,1H3. The van der Waals surface area contributed by atoms with E-state index in [0.717, 1.165) is 6.42 Å². The van der Waals surface area contributed by atoms with Crippen LogP contribution >= 0.6 is 0 Å². The maximum atomic E-state index is 13.1. The Morgan fingerprint density at radius 2 is 2.20 bits per heavy atom. The van der Waals surface area contributed by atoms with Crippen molar-refractivity contribution in [1.29, 1.82) is 5.26 Å². The van der Waals surface area contributed by atoms with Crippen LogP contribution in [0.5, 0.6) is 5.75 Å². The molecule has 15 heavy (non-hydrogen) atoms. The Balaban J connectivity index is 2.49. The zero-order valence-corrected chi connectivity index (χ0v) is 8.50. The summed E-state index contributed by atoms with van der Waals surface area (Å²) < 4.78 is 23.2. The summed E-state index contributed by atoms with van der Waals surface area (Å²) >= 11 is 0. The molecule has 80 valence electrons. The van der Waals surface area contributed by atoms with Crippen molar-refractivity contribution in [1.82, 2.24) is 0 Å². The van der Waals surface area contributed by atoms with Gasteiger partial charge in [-0.15, -0.1) is 0 Å². The van der Waals surface area contributed by atoms with Crippen molar-refractivity contribution in [3.8, 4) is 11.8 Å². The Morgan fingerprint density at radius 1 is 1.40 bits per heavy atom. The van der Waals surface area contributed by atoms with Crippen LogP contribution in [0.2, 0.25) is 0 Å². The number of hydrogen-bond donors (Lipinski definition) is 0.